The van der Waals surface area contributed by atoms with Crippen molar-refractivity contribution in [2.45, 2.75) is 50.6 Å². The number of fused-ring (bicyclic) bond motifs is 1. The molecule has 0 aromatic rings. The van der Waals surface area contributed by atoms with Gasteiger partial charge in [0, 0.05) is 13.1 Å². The van der Waals surface area contributed by atoms with Gasteiger partial charge in [-0.05, 0) is 45.2 Å². The number of nitrogens with zero attached hydrogens (tertiary/aromatic N) is 3. The fourth-order valence-corrected chi connectivity index (χ4v) is 3.38. The monoisotopic (exact) mass is 266 g/mol. The lowest BCUT2D eigenvalue weighted by molar-refractivity contribution is 0.168. The molecule has 0 aromatic carbocycles. The van der Waals surface area contributed by atoms with Crippen LogP contribution in [0.1, 0.15) is 38.5 Å². The highest BCUT2D eigenvalue weighted by Crippen LogP contribution is 2.25. The molecule has 0 spiro atoms. The third-order valence-electron chi connectivity index (χ3n) is 4.55. The Kier molecular flexibility index (Phi) is 4.23. The molecule has 19 heavy (non-hydrogen) atoms. The van der Waals surface area contributed by atoms with Crippen molar-refractivity contribution >= 4 is 5.90 Å². The Morgan fingerprint density at radius 2 is 1.89 bits per heavy atom. The van der Waals surface area contributed by atoms with Crippen molar-refractivity contribution in [3.63, 3.8) is 0 Å². The number of hydrogen-bond acceptors (Lipinski definition) is 5. The molecule has 2 saturated heterocycles. The average Bonchev–Trinajstić information content (AvgIpc) is 2.78. The first kappa shape index (κ1) is 13.2. The molecule has 108 valence electrons. The Balaban J connectivity index is 1.44. The first-order chi connectivity index (χ1) is 9.34. The highest BCUT2D eigenvalue weighted by Gasteiger charge is 2.37. The van der Waals surface area contributed by atoms with Crippen LogP contribution in [0.15, 0.2) is 5.10 Å². The van der Waals surface area contributed by atoms with Crippen molar-refractivity contribution < 1.29 is 4.74 Å². The van der Waals surface area contributed by atoms with Crippen molar-refractivity contribution in [1.82, 2.24) is 9.91 Å². The summed E-state index contributed by atoms with van der Waals surface area (Å²) in [6.07, 6.45) is 7.70. The van der Waals surface area contributed by atoms with Crippen molar-refractivity contribution in [1.29, 1.82) is 0 Å². The minimum absolute atomic E-state index is 0.0124. The molecule has 0 saturated carbocycles. The lowest BCUT2D eigenvalue weighted by atomic mass is 9.99. The van der Waals surface area contributed by atoms with E-state index in [1.807, 2.05) is 0 Å². The number of piperidine rings is 2. The Hall–Kier alpha value is -0.810. The van der Waals surface area contributed by atoms with Gasteiger partial charge in [0.1, 0.15) is 12.6 Å². The summed E-state index contributed by atoms with van der Waals surface area (Å²) in [5.41, 5.74) is 6.24. The fourth-order valence-electron chi connectivity index (χ4n) is 3.38. The van der Waals surface area contributed by atoms with Crippen LogP contribution in [0, 0.1) is 0 Å². The normalized spacial score (nSPS) is 32.1. The second-order valence-corrected chi connectivity index (χ2v) is 5.94. The topological polar surface area (TPSA) is 54.1 Å². The number of hydrogen-bond donors (Lipinski definition) is 1. The number of likely N-dealkylation sites (tertiary alicyclic amines) is 1. The van der Waals surface area contributed by atoms with E-state index in [-0.39, 0.29) is 6.04 Å². The molecule has 2 atom stereocenters. The molecule has 0 aliphatic carbocycles. The van der Waals surface area contributed by atoms with Crippen LogP contribution in [0.4, 0.5) is 0 Å². The van der Waals surface area contributed by atoms with E-state index in [0.717, 1.165) is 32.0 Å². The van der Waals surface area contributed by atoms with Gasteiger partial charge in [-0.3, -0.25) is 9.91 Å². The molecule has 2 unspecified atom stereocenters. The molecule has 3 aliphatic heterocycles. The Morgan fingerprint density at radius 3 is 2.68 bits per heavy atom. The summed E-state index contributed by atoms with van der Waals surface area (Å²) in [5.74, 6) is 0.768. The van der Waals surface area contributed by atoms with E-state index in [4.69, 9.17) is 10.5 Å². The van der Waals surface area contributed by atoms with Crippen molar-refractivity contribution in [3.05, 3.63) is 0 Å². The van der Waals surface area contributed by atoms with Crippen LogP contribution < -0.4 is 5.73 Å². The van der Waals surface area contributed by atoms with Crippen LogP contribution in [0.5, 0.6) is 0 Å². The van der Waals surface area contributed by atoms with Crippen molar-refractivity contribution in [2.24, 2.45) is 10.8 Å². The Bertz CT molecular complexity index is 327. The zero-order chi connectivity index (χ0) is 13.1. The minimum atomic E-state index is -0.0124. The summed E-state index contributed by atoms with van der Waals surface area (Å²) in [4.78, 5) is 2.48. The molecular weight excluding hydrogens is 240 g/mol. The van der Waals surface area contributed by atoms with Gasteiger partial charge in [0.25, 0.3) is 0 Å². The van der Waals surface area contributed by atoms with Gasteiger partial charge in [0.05, 0.1) is 6.04 Å². The van der Waals surface area contributed by atoms with Crippen LogP contribution in [0.3, 0.4) is 0 Å². The molecule has 3 heterocycles. The van der Waals surface area contributed by atoms with Crippen LogP contribution in [-0.4, -0.2) is 60.7 Å². The summed E-state index contributed by atoms with van der Waals surface area (Å²) >= 11 is 0. The predicted molar refractivity (Wildman–Crippen MR) is 76.0 cm³/mol. The van der Waals surface area contributed by atoms with Crippen LogP contribution >= 0.6 is 0 Å². The maximum Gasteiger partial charge on any atom is 0.225 e. The minimum Gasteiger partial charge on any atom is -0.477 e. The van der Waals surface area contributed by atoms with E-state index < -0.39 is 0 Å². The van der Waals surface area contributed by atoms with Gasteiger partial charge in [-0.1, -0.05) is 6.42 Å². The van der Waals surface area contributed by atoms with E-state index in [0.29, 0.717) is 6.04 Å². The van der Waals surface area contributed by atoms with E-state index in [2.05, 4.69) is 15.0 Å². The lowest BCUT2D eigenvalue weighted by Gasteiger charge is -2.29. The molecule has 0 aromatic heterocycles. The first-order valence-electron chi connectivity index (χ1n) is 7.80. The summed E-state index contributed by atoms with van der Waals surface area (Å²) in [7, 11) is 0. The van der Waals surface area contributed by atoms with Crippen LogP contribution in [-0.2, 0) is 4.74 Å². The second kappa shape index (κ2) is 6.09. The summed E-state index contributed by atoms with van der Waals surface area (Å²) in [6, 6.07) is 0.375. The quantitative estimate of drug-likeness (QED) is 0.828. The summed E-state index contributed by atoms with van der Waals surface area (Å²) in [5, 5.41) is 6.70. The zero-order valence-corrected chi connectivity index (χ0v) is 11.8. The number of rotatable bonds is 3. The van der Waals surface area contributed by atoms with E-state index in [1.165, 1.54) is 45.2 Å². The smallest absolute Gasteiger partial charge is 0.225 e. The van der Waals surface area contributed by atoms with Crippen LogP contribution in [0.2, 0.25) is 0 Å². The molecule has 0 radical (unpaired) electrons. The molecule has 5 nitrogen and oxygen atoms in total. The molecule has 2 fully saturated rings. The van der Waals surface area contributed by atoms with E-state index >= 15 is 0 Å². The van der Waals surface area contributed by atoms with Gasteiger partial charge in [-0.2, -0.15) is 0 Å². The van der Waals surface area contributed by atoms with Crippen molar-refractivity contribution in [2.75, 3.05) is 32.8 Å². The third-order valence-corrected chi connectivity index (χ3v) is 4.55. The van der Waals surface area contributed by atoms with Gasteiger partial charge in [-0.25, -0.2) is 0 Å². The lowest BCUT2D eigenvalue weighted by Crippen LogP contribution is -2.46. The highest BCUT2D eigenvalue weighted by molar-refractivity contribution is 5.83. The van der Waals surface area contributed by atoms with Gasteiger partial charge < -0.3 is 10.5 Å². The van der Waals surface area contributed by atoms with Gasteiger partial charge in [-0.15, -0.1) is 5.10 Å². The second-order valence-electron chi connectivity index (χ2n) is 5.94. The standard InChI is InChI=1S/C14H26N4O/c15-13-12-6-2-5-9-18(12)16-14(13)19-11-10-17-7-3-1-4-8-17/h12-13H,1-11,15H2. The summed E-state index contributed by atoms with van der Waals surface area (Å²) in [6.45, 7) is 5.22. The molecule has 0 bridgehead atoms. The molecule has 3 aliphatic rings. The third kappa shape index (κ3) is 3.03. The predicted octanol–water partition coefficient (Wildman–Crippen LogP) is 0.998. The molecule has 2 N–H and O–H groups in total. The molecule has 3 rings (SSSR count). The van der Waals surface area contributed by atoms with Crippen LogP contribution in [0.25, 0.3) is 0 Å². The molecule has 5 heteroatoms. The molecule has 0 amide bonds. The maximum atomic E-state index is 6.24. The summed E-state index contributed by atoms with van der Waals surface area (Å²) < 4.78 is 5.85. The van der Waals surface area contributed by atoms with Gasteiger partial charge >= 0.3 is 0 Å². The van der Waals surface area contributed by atoms with Gasteiger partial charge in [0.15, 0.2) is 0 Å². The molecular formula is C14H26N4O. The zero-order valence-electron chi connectivity index (χ0n) is 11.8. The van der Waals surface area contributed by atoms with Gasteiger partial charge in [0.2, 0.25) is 5.90 Å². The number of ether oxygens (including phenoxy) is 1. The SMILES string of the molecule is NC1C(OCCN2CCCCC2)=NN2CCCCC12. The Morgan fingerprint density at radius 1 is 1.11 bits per heavy atom. The average molecular weight is 266 g/mol. The fraction of sp³-hybridized carbons (Fsp3) is 0.929. The number of nitrogens with two attached hydrogens (primary N) is 1. The maximum absolute atomic E-state index is 6.24. The first-order valence-corrected chi connectivity index (χ1v) is 7.80. The highest BCUT2D eigenvalue weighted by atomic mass is 16.5. The van der Waals surface area contributed by atoms with E-state index in [1.54, 1.807) is 0 Å². The van der Waals surface area contributed by atoms with E-state index in [9.17, 15) is 0 Å². The van der Waals surface area contributed by atoms with Crippen molar-refractivity contribution in [3.8, 4) is 0 Å². The Labute approximate surface area is 115 Å². The number of hydrazone groups is 1. The largest absolute Gasteiger partial charge is 0.477 e.